The summed E-state index contributed by atoms with van der Waals surface area (Å²) in [7, 11) is 0. The van der Waals surface area contributed by atoms with Crippen molar-refractivity contribution in [3.05, 3.63) is 20.2 Å². The lowest BCUT2D eigenvalue weighted by Crippen LogP contribution is -2.52. The Morgan fingerprint density at radius 3 is 1.66 bits per heavy atom. The summed E-state index contributed by atoms with van der Waals surface area (Å²) in [4.78, 5) is 64.5. The minimum absolute atomic E-state index is 0.00314. The molecule has 0 radical (unpaired) electrons. The highest BCUT2D eigenvalue weighted by Gasteiger charge is 2.49. The SMILES string of the molecule is O=C(O)C1CCCC([N+](=O)[O-])C1CONC1CCC(OC2CCCC(OC3CCC(NC(=O)C4C(C(=O)O)CCCC4[N+](=O)[O-])CC3)C2)CC1. The molecule has 0 aromatic heterocycles. The van der Waals surface area contributed by atoms with E-state index < -0.39 is 58.5 Å². The lowest BCUT2D eigenvalue weighted by atomic mass is 9.75. The maximum absolute atomic E-state index is 13.1. The highest BCUT2D eigenvalue weighted by Crippen LogP contribution is 2.36. The first kappa shape index (κ1) is 38.3. The van der Waals surface area contributed by atoms with Crippen molar-refractivity contribution in [1.82, 2.24) is 10.8 Å². The van der Waals surface area contributed by atoms with Crippen LogP contribution in [0.25, 0.3) is 0 Å². The third-order valence-corrected chi connectivity index (χ3v) is 11.9. The largest absolute Gasteiger partial charge is 0.481 e. The van der Waals surface area contributed by atoms with Crippen LogP contribution in [0.5, 0.6) is 0 Å². The van der Waals surface area contributed by atoms with Gasteiger partial charge in [0.05, 0.1) is 48.8 Å². The highest BCUT2D eigenvalue weighted by molar-refractivity contribution is 5.85. The average molecular weight is 711 g/mol. The van der Waals surface area contributed by atoms with Gasteiger partial charge in [0.2, 0.25) is 18.0 Å². The van der Waals surface area contributed by atoms with Crippen molar-refractivity contribution in [1.29, 1.82) is 0 Å². The third kappa shape index (κ3) is 10.1. The van der Waals surface area contributed by atoms with Gasteiger partial charge in [-0.15, -0.1) is 0 Å². The fourth-order valence-electron chi connectivity index (χ4n) is 9.20. The molecule has 8 unspecified atom stereocenters. The van der Waals surface area contributed by atoms with Crippen molar-refractivity contribution in [2.24, 2.45) is 23.7 Å². The van der Waals surface area contributed by atoms with E-state index in [1.165, 1.54) is 0 Å². The van der Waals surface area contributed by atoms with E-state index in [4.69, 9.17) is 14.3 Å². The second-order valence-corrected chi connectivity index (χ2v) is 15.2. The van der Waals surface area contributed by atoms with Crippen molar-refractivity contribution in [2.75, 3.05) is 6.61 Å². The number of carbonyl (C=O) groups excluding carboxylic acids is 1. The molecule has 16 heteroatoms. The Labute approximate surface area is 292 Å². The van der Waals surface area contributed by atoms with E-state index >= 15 is 0 Å². The van der Waals surface area contributed by atoms with E-state index in [1.807, 2.05) is 0 Å². The van der Waals surface area contributed by atoms with Gasteiger partial charge in [0.15, 0.2) is 0 Å². The molecular weight excluding hydrogens is 656 g/mol. The van der Waals surface area contributed by atoms with Gasteiger partial charge in [0.25, 0.3) is 0 Å². The molecular formula is C34H54N4O12. The summed E-state index contributed by atoms with van der Waals surface area (Å²) in [5, 5.41) is 45.3. The van der Waals surface area contributed by atoms with Gasteiger partial charge in [-0.1, -0.05) is 0 Å². The van der Waals surface area contributed by atoms with Gasteiger partial charge in [0.1, 0.15) is 5.92 Å². The zero-order valence-corrected chi connectivity index (χ0v) is 28.7. The number of nitro groups is 2. The number of carboxylic acid groups (broad SMARTS) is 2. The van der Waals surface area contributed by atoms with Gasteiger partial charge in [-0.05, 0) is 103 Å². The van der Waals surface area contributed by atoms with Crippen LogP contribution in [0.3, 0.4) is 0 Å². The predicted octanol–water partition coefficient (Wildman–Crippen LogP) is 3.88. The normalized spacial score (nSPS) is 38.1. The first-order valence-electron chi connectivity index (χ1n) is 18.7. The zero-order chi connectivity index (χ0) is 35.8. The molecule has 282 valence electrons. The Bertz CT molecular complexity index is 1150. The highest BCUT2D eigenvalue weighted by atomic mass is 16.7. The van der Waals surface area contributed by atoms with E-state index in [9.17, 15) is 44.8 Å². The molecule has 0 spiro atoms. The fourth-order valence-corrected chi connectivity index (χ4v) is 9.20. The van der Waals surface area contributed by atoms with Crippen molar-refractivity contribution in [2.45, 2.75) is 164 Å². The molecule has 0 heterocycles. The number of nitrogens with zero attached hydrogens (tertiary/aromatic N) is 2. The van der Waals surface area contributed by atoms with E-state index in [1.54, 1.807) is 0 Å². The Kier molecular flexibility index (Phi) is 13.8. The molecule has 5 fully saturated rings. The van der Waals surface area contributed by atoms with Gasteiger partial charge in [-0.2, -0.15) is 5.48 Å². The standard InChI is InChI=1S/C34H54N4O12/c39-32(31-27(34(42)43)7-3-9-30(31)38(46)47)35-20-10-14-22(15-11-20)49-24-4-1-5-25(18-24)50-23-16-12-21(13-17-23)36-48-19-28-26(33(40)41)6-2-8-29(28)37(44)45/h20-31,36H,1-19H2,(H,35,39)(H,40,41)(H,42,43). The Hall–Kier alpha value is -2.95. The maximum Gasteiger partial charge on any atom is 0.307 e. The summed E-state index contributed by atoms with van der Waals surface area (Å²) in [6.07, 6.45) is 12.6. The summed E-state index contributed by atoms with van der Waals surface area (Å²) < 4.78 is 13.0. The lowest BCUT2D eigenvalue weighted by Gasteiger charge is -2.38. The lowest BCUT2D eigenvalue weighted by molar-refractivity contribution is -0.538. The molecule has 5 rings (SSSR count). The number of hydrogen-bond acceptors (Lipinski definition) is 11. The summed E-state index contributed by atoms with van der Waals surface area (Å²) in [5.74, 6) is -6.31. The number of rotatable bonds is 14. The number of hydrogen-bond donors (Lipinski definition) is 4. The quantitative estimate of drug-likeness (QED) is 0.148. The third-order valence-electron chi connectivity index (χ3n) is 11.9. The number of ether oxygens (including phenoxy) is 2. The van der Waals surface area contributed by atoms with Crippen LogP contribution in [-0.4, -0.2) is 93.1 Å². The van der Waals surface area contributed by atoms with Crippen LogP contribution in [-0.2, 0) is 28.7 Å². The number of hydroxylamine groups is 1. The molecule has 8 atom stereocenters. The van der Waals surface area contributed by atoms with E-state index in [0.717, 1.165) is 64.2 Å². The monoisotopic (exact) mass is 710 g/mol. The smallest absolute Gasteiger partial charge is 0.307 e. The first-order valence-corrected chi connectivity index (χ1v) is 18.7. The summed E-state index contributed by atoms with van der Waals surface area (Å²) in [6, 6.07) is -2.16. The fraction of sp³-hybridized carbons (Fsp3) is 0.912. The molecule has 5 aliphatic rings. The van der Waals surface area contributed by atoms with Crippen molar-refractivity contribution in [3.8, 4) is 0 Å². The Balaban J connectivity index is 0.986. The average Bonchev–Trinajstić information content (AvgIpc) is 3.09. The molecule has 16 nitrogen and oxygen atoms in total. The second kappa shape index (κ2) is 18.0. The van der Waals surface area contributed by atoms with Crippen LogP contribution < -0.4 is 10.8 Å². The second-order valence-electron chi connectivity index (χ2n) is 15.2. The molecule has 5 saturated carbocycles. The molecule has 0 aliphatic heterocycles. The summed E-state index contributed by atoms with van der Waals surface area (Å²) >= 11 is 0. The first-order chi connectivity index (χ1) is 24.0. The Morgan fingerprint density at radius 2 is 1.12 bits per heavy atom. The van der Waals surface area contributed by atoms with Crippen molar-refractivity contribution >= 4 is 17.8 Å². The van der Waals surface area contributed by atoms with E-state index in [2.05, 4.69) is 10.8 Å². The van der Waals surface area contributed by atoms with Crippen molar-refractivity contribution < 1.29 is 48.8 Å². The molecule has 0 saturated heterocycles. The molecule has 0 bridgehead atoms. The number of carbonyl (C=O) groups is 3. The van der Waals surface area contributed by atoms with Crippen LogP contribution in [0.1, 0.15) is 116 Å². The van der Waals surface area contributed by atoms with Crippen LogP contribution >= 0.6 is 0 Å². The predicted molar refractivity (Wildman–Crippen MR) is 176 cm³/mol. The van der Waals surface area contributed by atoms with Crippen LogP contribution in [0.15, 0.2) is 0 Å². The minimum Gasteiger partial charge on any atom is -0.481 e. The minimum atomic E-state index is -1.18. The van der Waals surface area contributed by atoms with Crippen LogP contribution in [0.4, 0.5) is 0 Å². The summed E-state index contributed by atoms with van der Waals surface area (Å²) in [5.41, 5.74) is 3.04. The van der Waals surface area contributed by atoms with Crippen molar-refractivity contribution in [3.63, 3.8) is 0 Å². The zero-order valence-electron chi connectivity index (χ0n) is 28.7. The number of aliphatic carboxylic acids is 2. The summed E-state index contributed by atoms with van der Waals surface area (Å²) in [6.45, 7) is -0.00314. The van der Waals surface area contributed by atoms with Gasteiger partial charge in [-0.3, -0.25) is 34.6 Å². The Morgan fingerprint density at radius 1 is 0.620 bits per heavy atom. The van der Waals surface area contributed by atoms with E-state index in [-0.39, 0.29) is 60.9 Å². The molecule has 0 aromatic carbocycles. The topological polar surface area (TPSA) is 230 Å². The molecule has 5 aliphatic carbocycles. The van der Waals surface area contributed by atoms with Gasteiger partial charge < -0.3 is 29.8 Å². The van der Waals surface area contributed by atoms with Crippen LogP contribution in [0.2, 0.25) is 0 Å². The number of carboxylic acids is 2. The number of amides is 1. The number of nitrogens with one attached hydrogen (secondary N) is 2. The van der Waals surface area contributed by atoms with Gasteiger partial charge >= 0.3 is 11.9 Å². The van der Waals surface area contributed by atoms with Crippen LogP contribution in [0, 0.1) is 43.9 Å². The molecule has 0 aromatic rings. The van der Waals surface area contributed by atoms with Gasteiger partial charge in [-0.25, -0.2) is 0 Å². The molecule has 50 heavy (non-hydrogen) atoms. The molecule has 4 N–H and O–H groups in total. The maximum atomic E-state index is 13.1. The van der Waals surface area contributed by atoms with E-state index in [0.29, 0.717) is 38.5 Å². The molecule has 1 amide bonds. The van der Waals surface area contributed by atoms with Gasteiger partial charge in [0, 0.05) is 34.8 Å².